The van der Waals surface area contributed by atoms with Gasteiger partial charge in [-0.25, -0.2) is 4.79 Å². The lowest BCUT2D eigenvalue weighted by molar-refractivity contribution is -0.548. The molecule has 0 radical (unpaired) electrons. The van der Waals surface area contributed by atoms with Crippen molar-refractivity contribution in [2.75, 3.05) is 6.61 Å². The number of carboxylic acid groups (broad SMARTS) is 1. The Kier molecular flexibility index (Phi) is 8.52. The van der Waals surface area contributed by atoms with Crippen LogP contribution in [0.25, 0.3) is 11.1 Å². The van der Waals surface area contributed by atoms with E-state index < -0.39 is 33.5 Å². The Hall–Kier alpha value is -4.52. The summed E-state index contributed by atoms with van der Waals surface area (Å²) in [6.07, 6.45) is 4.79. The van der Waals surface area contributed by atoms with Gasteiger partial charge in [0.1, 0.15) is 12.2 Å². The van der Waals surface area contributed by atoms with Crippen molar-refractivity contribution in [1.82, 2.24) is 0 Å². The van der Waals surface area contributed by atoms with Crippen LogP contribution in [0.1, 0.15) is 44.1 Å². The fraction of sp³-hybridized carbons (Fsp3) is 0.308. The summed E-state index contributed by atoms with van der Waals surface area (Å²) >= 11 is 0. The molecule has 0 heterocycles. The summed E-state index contributed by atoms with van der Waals surface area (Å²) < 4.78 is 5.77. The van der Waals surface area contributed by atoms with Gasteiger partial charge in [-0.15, -0.1) is 0 Å². The van der Waals surface area contributed by atoms with Crippen LogP contribution in [0, 0.1) is 31.6 Å². The Morgan fingerprint density at radius 3 is 2.17 bits per heavy atom. The zero-order valence-corrected chi connectivity index (χ0v) is 19.5. The topological polar surface area (TPSA) is 157 Å². The first-order chi connectivity index (χ1) is 17.2. The molecule has 36 heavy (non-hydrogen) atoms. The molecular weight excluding hydrogens is 466 g/mol. The van der Waals surface area contributed by atoms with Crippen molar-refractivity contribution in [3.05, 3.63) is 97.7 Å². The van der Waals surface area contributed by atoms with E-state index >= 15 is 0 Å². The highest BCUT2D eigenvalue weighted by molar-refractivity contribution is 5.81. The SMILES string of the molecule is N#Cc1ccc(-c2ccc(OCCCCCCC3=CC(C(=O)O)([N+](=O)[O-])CC([N+](=O)[O-])=C3)cc2)cc1. The van der Waals surface area contributed by atoms with Gasteiger partial charge in [0, 0.05) is 17.1 Å². The van der Waals surface area contributed by atoms with Crippen LogP contribution in [-0.2, 0) is 4.79 Å². The second-order valence-corrected chi connectivity index (χ2v) is 8.50. The number of aliphatic carboxylic acids is 1. The lowest BCUT2D eigenvalue weighted by Gasteiger charge is -2.20. The first-order valence-electron chi connectivity index (χ1n) is 11.4. The molecule has 0 bridgehead atoms. The number of ether oxygens (including phenoxy) is 1. The summed E-state index contributed by atoms with van der Waals surface area (Å²) in [5, 5.41) is 40.9. The van der Waals surface area contributed by atoms with E-state index in [0.29, 0.717) is 30.6 Å². The Morgan fingerprint density at radius 1 is 1.00 bits per heavy atom. The number of carboxylic acids is 1. The van der Waals surface area contributed by atoms with Gasteiger partial charge in [-0.1, -0.05) is 37.1 Å². The van der Waals surface area contributed by atoms with E-state index in [1.807, 2.05) is 36.4 Å². The lowest BCUT2D eigenvalue weighted by Crippen LogP contribution is -2.47. The van der Waals surface area contributed by atoms with E-state index in [4.69, 9.17) is 10.00 Å². The fourth-order valence-electron chi connectivity index (χ4n) is 3.99. The molecule has 0 aliphatic heterocycles. The molecule has 0 saturated carbocycles. The number of unbranched alkanes of at least 4 members (excludes halogenated alkanes) is 3. The molecule has 1 atom stereocenters. The van der Waals surface area contributed by atoms with Crippen molar-refractivity contribution >= 4 is 5.97 Å². The summed E-state index contributed by atoms with van der Waals surface area (Å²) in [6.45, 7) is 0.508. The number of rotatable bonds is 12. The van der Waals surface area contributed by atoms with Gasteiger partial charge < -0.3 is 9.84 Å². The summed E-state index contributed by atoms with van der Waals surface area (Å²) in [6, 6.07) is 17.1. The maximum Gasteiger partial charge on any atom is 0.387 e. The predicted octanol–water partition coefficient (Wildman–Crippen LogP) is 5.15. The fourth-order valence-corrected chi connectivity index (χ4v) is 3.99. The van der Waals surface area contributed by atoms with E-state index in [2.05, 4.69) is 6.07 Å². The van der Waals surface area contributed by atoms with E-state index in [1.54, 1.807) is 12.1 Å². The Balaban J connectivity index is 1.43. The van der Waals surface area contributed by atoms with Gasteiger partial charge in [-0.05, 0) is 60.2 Å². The molecular formula is C26H25N3O7. The highest BCUT2D eigenvalue weighted by atomic mass is 16.6. The summed E-state index contributed by atoms with van der Waals surface area (Å²) in [4.78, 5) is 32.4. The summed E-state index contributed by atoms with van der Waals surface area (Å²) in [5.41, 5.74) is -0.0434. The molecule has 0 amide bonds. The van der Waals surface area contributed by atoms with Crippen LogP contribution in [0.2, 0.25) is 0 Å². The van der Waals surface area contributed by atoms with Crippen LogP contribution in [0.5, 0.6) is 5.75 Å². The first-order valence-corrected chi connectivity index (χ1v) is 11.4. The van der Waals surface area contributed by atoms with E-state index in [-0.39, 0.29) is 0 Å². The van der Waals surface area contributed by atoms with Crippen LogP contribution < -0.4 is 4.74 Å². The molecule has 0 saturated heterocycles. The minimum absolute atomic E-state index is 0.297. The van der Waals surface area contributed by atoms with E-state index in [1.165, 1.54) is 6.08 Å². The average Bonchev–Trinajstić information content (AvgIpc) is 2.88. The van der Waals surface area contributed by atoms with Crippen LogP contribution in [-0.4, -0.2) is 33.1 Å². The summed E-state index contributed by atoms with van der Waals surface area (Å²) in [7, 11) is 0. The van der Waals surface area contributed by atoms with Gasteiger partial charge in [0.05, 0.1) is 23.2 Å². The van der Waals surface area contributed by atoms with E-state index in [9.17, 15) is 30.1 Å². The third kappa shape index (κ3) is 6.33. The van der Waals surface area contributed by atoms with Crippen LogP contribution in [0.15, 0.2) is 72.0 Å². The van der Waals surface area contributed by atoms with Gasteiger partial charge in [-0.2, -0.15) is 5.26 Å². The molecule has 0 spiro atoms. The van der Waals surface area contributed by atoms with Gasteiger partial charge >= 0.3 is 11.5 Å². The standard InChI is InChI=1S/C26H25N3O7/c27-18-19-6-8-21(9-7-19)22-10-12-24(13-11-22)36-14-4-2-1-3-5-20-15-23(28(32)33)17-26(16-20,25(30)31)29(34)35/h6-13,15-16H,1-5,14,17H2,(H,30,31). The number of nitrogens with zero attached hydrogens (tertiary/aromatic N) is 3. The highest BCUT2D eigenvalue weighted by Gasteiger charge is 2.54. The molecule has 1 unspecified atom stereocenters. The molecule has 1 aliphatic rings. The van der Waals surface area contributed by atoms with Crippen molar-refractivity contribution in [2.24, 2.45) is 0 Å². The van der Waals surface area contributed by atoms with E-state index in [0.717, 1.165) is 42.2 Å². The average molecular weight is 492 g/mol. The minimum Gasteiger partial charge on any atom is -0.494 e. The molecule has 10 nitrogen and oxygen atoms in total. The number of allylic oxidation sites excluding steroid dienone is 2. The number of benzene rings is 2. The van der Waals surface area contributed by atoms with Crippen LogP contribution in [0.4, 0.5) is 0 Å². The van der Waals surface area contributed by atoms with Crippen molar-refractivity contribution in [3.8, 4) is 22.9 Å². The molecule has 1 N–H and O–H groups in total. The zero-order chi connectivity index (χ0) is 26.1. The van der Waals surface area contributed by atoms with Crippen molar-refractivity contribution < 1.29 is 24.5 Å². The Bertz CT molecular complexity index is 1210. The van der Waals surface area contributed by atoms with Gasteiger partial charge in [0.25, 0.3) is 5.70 Å². The quantitative estimate of drug-likeness (QED) is 0.243. The third-order valence-corrected chi connectivity index (χ3v) is 5.99. The smallest absolute Gasteiger partial charge is 0.387 e. The normalized spacial score (nSPS) is 16.9. The Morgan fingerprint density at radius 2 is 1.61 bits per heavy atom. The molecule has 10 heteroatoms. The number of nitriles is 1. The minimum atomic E-state index is -2.50. The van der Waals surface area contributed by atoms with Crippen molar-refractivity contribution in [2.45, 2.75) is 44.1 Å². The maximum atomic E-state index is 11.6. The van der Waals surface area contributed by atoms with Crippen molar-refractivity contribution in [3.63, 3.8) is 0 Å². The molecule has 2 aromatic rings. The number of nitro groups is 2. The maximum absolute atomic E-state index is 11.6. The van der Waals surface area contributed by atoms with Crippen LogP contribution in [0.3, 0.4) is 0 Å². The first kappa shape index (κ1) is 26.1. The molecule has 0 fully saturated rings. The second kappa shape index (κ2) is 11.8. The molecule has 1 aliphatic carbocycles. The molecule has 186 valence electrons. The highest BCUT2D eigenvalue weighted by Crippen LogP contribution is 2.32. The Labute approximate surface area is 207 Å². The third-order valence-electron chi connectivity index (χ3n) is 5.99. The zero-order valence-electron chi connectivity index (χ0n) is 19.5. The van der Waals surface area contributed by atoms with Gasteiger partial charge in [-0.3, -0.25) is 20.2 Å². The molecule has 0 aromatic heterocycles. The number of hydrogen-bond acceptors (Lipinski definition) is 7. The summed E-state index contributed by atoms with van der Waals surface area (Å²) in [5.74, 6) is -0.971. The molecule has 3 rings (SSSR count). The van der Waals surface area contributed by atoms with Gasteiger partial charge in [0.2, 0.25) is 0 Å². The predicted molar refractivity (Wildman–Crippen MR) is 130 cm³/mol. The monoisotopic (exact) mass is 491 g/mol. The number of hydrogen-bond donors (Lipinski definition) is 1. The van der Waals surface area contributed by atoms with Gasteiger partial charge in [0.15, 0.2) is 0 Å². The molecule has 2 aromatic carbocycles. The second-order valence-electron chi connectivity index (χ2n) is 8.50. The van der Waals surface area contributed by atoms with Crippen molar-refractivity contribution in [1.29, 1.82) is 5.26 Å². The lowest BCUT2D eigenvalue weighted by atomic mass is 9.85. The number of carbonyl (C=O) groups is 1. The van der Waals surface area contributed by atoms with Crippen LogP contribution >= 0.6 is 0 Å². The largest absolute Gasteiger partial charge is 0.494 e.